The highest BCUT2D eigenvalue weighted by atomic mass is 32.2. The van der Waals surface area contributed by atoms with Crippen LogP contribution in [-0.4, -0.2) is 45.5 Å². The van der Waals surface area contributed by atoms with E-state index in [2.05, 4.69) is 20.1 Å². The maximum Gasteiger partial charge on any atom is 0.209 e. The highest BCUT2D eigenvalue weighted by Crippen LogP contribution is 2.20. The van der Waals surface area contributed by atoms with Gasteiger partial charge in [0, 0.05) is 17.9 Å². The van der Waals surface area contributed by atoms with Gasteiger partial charge in [-0.1, -0.05) is 18.2 Å². The summed E-state index contributed by atoms with van der Waals surface area (Å²) in [7, 11) is 0. The molecular weight excluding hydrogens is 299 g/mol. The predicted molar refractivity (Wildman–Crippen MR) is 86.2 cm³/mol. The summed E-state index contributed by atoms with van der Waals surface area (Å²) in [6.45, 7) is 3.47. The van der Waals surface area contributed by atoms with Crippen molar-refractivity contribution in [1.29, 1.82) is 0 Å². The van der Waals surface area contributed by atoms with Gasteiger partial charge in [-0.25, -0.2) is 9.37 Å². The molecule has 2 aromatic rings. The first-order valence-electron chi connectivity index (χ1n) is 7.62. The Hall–Kier alpha value is -1.53. The molecule has 0 N–H and O–H groups in total. The van der Waals surface area contributed by atoms with E-state index in [1.807, 2.05) is 0 Å². The summed E-state index contributed by atoms with van der Waals surface area (Å²) in [5.74, 6) is 0.719. The zero-order chi connectivity index (χ0) is 15.2. The Bertz CT molecular complexity index is 599. The van der Waals surface area contributed by atoms with Crippen LogP contribution in [-0.2, 0) is 0 Å². The van der Waals surface area contributed by atoms with Crippen molar-refractivity contribution in [1.82, 2.24) is 20.1 Å². The highest BCUT2D eigenvalue weighted by molar-refractivity contribution is 7.99. The lowest BCUT2D eigenvalue weighted by atomic mass is 10.1. The van der Waals surface area contributed by atoms with Crippen LogP contribution < -0.4 is 0 Å². The summed E-state index contributed by atoms with van der Waals surface area (Å²) in [5, 5.41) is 8.76. The first kappa shape index (κ1) is 15.4. The molecule has 0 atom stereocenters. The van der Waals surface area contributed by atoms with Crippen LogP contribution in [0.25, 0.3) is 11.3 Å². The molecule has 0 amide bonds. The zero-order valence-corrected chi connectivity index (χ0v) is 13.2. The van der Waals surface area contributed by atoms with Crippen molar-refractivity contribution in [3.05, 3.63) is 36.3 Å². The van der Waals surface area contributed by atoms with E-state index >= 15 is 0 Å². The van der Waals surface area contributed by atoms with E-state index in [9.17, 15) is 4.39 Å². The summed E-state index contributed by atoms with van der Waals surface area (Å²) in [5.41, 5.74) is 1.59. The molecule has 0 saturated carbocycles. The van der Waals surface area contributed by atoms with Crippen LogP contribution in [0.1, 0.15) is 19.3 Å². The fourth-order valence-electron chi connectivity index (χ4n) is 2.56. The highest BCUT2D eigenvalue weighted by Gasteiger charge is 2.10. The average Bonchev–Trinajstić information content (AvgIpc) is 2.57. The molecule has 0 aliphatic carbocycles. The van der Waals surface area contributed by atoms with Crippen molar-refractivity contribution in [3.63, 3.8) is 0 Å². The van der Waals surface area contributed by atoms with E-state index in [1.54, 1.807) is 30.1 Å². The number of aromatic nitrogens is 3. The first-order valence-corrected chi connectivity index (χ1v) is 8.61. The van der Waals surface area contributed by atoms with Gasteiger partial charge in [-0.3, -0.25) is 0 Å². The molecule has 1 aliphatic rings. The van der Waals surface area contributed by atoms with Gasteiger partial charge in [0.25, 0.3) is 0 Å². The molecule has 4 nitrogen and oxygen atoms in total. The number of benzene rings is 1. The zero-order valence-electron chi connectivity index (χ0n) is 12.4. The molecule has 1 aromatic carbocycles. The average molecular weight is 318 g/mol. The molecular formula is C16H19FN4S. The Morgan fingerprint density at radius 2 is 1.86 bits per heavy atom. The number of rotatable bonds is 5. The van der Waals surface area contributed by atoms with Gasteiger partial charge in [0.15, 0.2) is 0 Å². The van der Waals surface area contributed by atoms with Crippen LogP contribution in [0.15, 0.2) is 35.6 Å². The smallest absolute Gasteiger partial charge is 0.209 e. The van der Waals surface area contributed by atoms with E-state index in [1.165, 1.54) is 44.5 Å². The third-order valence-corrected chi connectivity index (χ3v) is 4.58. The minimum absolute atomic E-state index is 0.248. The molecule has 3 rings (SSSR count). The largest absolute Gasteiger partial charge is 0.303 e. The quantitative estimate of drug-likeness (QED) is 0.792. The Kier molecular flexibility index (Phi) is 5.34. The van der Waals surface area contributed by atoms with Crippen LogP contribution in [0, 0.1) is 5.82 Å². The molecule has 1 fully saturated rings. The van der Waals surface area contributed by atoms with Crippen LogP contribution >= 0.6 is 11.8 Å². The lowest BCUT2D eigenvalue weighted by Gasteiger charge is -2.25. The molecule has 0 bridgehead atoms. The second kappa shape index (κ2) is 7.65. The van der Waals surface area contributed by atoms with Crippen LogP contribution in [0.2, 0.25) is 0 Å². The number of hydrogen-bond acceptors (Lipinski definition) is 5. The maximum atomic E-state index is 13.0. The number of piperidine rings is 1. The fraction of sp³-hybridized carbons (Fsp3) is 0.438. The fourth-order valence-corrected chi connectivity index (χ4v) is 3.36. The summed E-state index contributed by atoms with van der Waals surface area (Å²) in [4.78, 5) is 7.00. The SMILES string of the molecule is Fc1ccc(-c2cnnc(SCCN3CCCCC3)n2)cc1. The third-order valence-electron chi connectivity index (χ3n) is 3.77. The number of halogens is 1. The van der Waals surface area contributed by atoms with Crippen LogP contribution in [0.4, 0.5) is 4.39 Å². The second-order valence-corrected chi connectivity index (χ2v) is 6.44. The van der Waals surface area contributed by atoms with Crippen molar-refractivity contribution in [2.24, 2.45) is 0 Å². The van der Waals surface area contributed by atoms with Gasteiger partial charge in [-0.2, -0.15) is 5.10 Å². The Morgan fingerprint density at radius 1 is 1.09 bits per heavy atom. The Balaban J connectivity index is 1.57. The topological polar surface area (TPSA) is 41.9 Å². The summed E-state index contributed by atoms with van der Waals surface area (Å²) < 4.78 is 13.0. The van der Waals surface area contributed by atoms with E-state index in [0.717, 1.165) is 23.6 Å². The molecule has 0 spiro atoms. The maximum absolute atomic E-state index is 13.0. The Morgan fingerprint density at radius 3 is 2.64 bits per heavy atom. The summed E-state index contributed by atoms with van der Waals surface area (Å²) in [6, 6.07) is 6.28. The summed E-state index contributed by atoms with van der Waals surface area (Å²) in [6.07, 6.45) is 5.59. The third kappa shape index (κ3) is 4.24. The lowest BCUT2D eigenvalue weighted by molar-refractivity contribution is 0.242. The molecule has 0 unspecified atom stereocenters. The molecule has 6 heteroatoms. The normalized spacial score (nSPS) is 15.9. The van der Waals surface area contributed by atoms with E-state index < -0.39 is 0 Å². The van der Waals surface area contributed by atoms with Gasteiger partial charge in [-0.15, -0.1) is 5.10 Å². The van der Waals surface area contributed by atoms with Gasteiger partial charge >= 0.3 is 0 Å². The van der Waals surface area contributed by atoms with Crippen LogP contribution in [0.3, 0.4) is 0 Å². The molecule has 22 heavy (non-hydrogen) atoms. The number of nitrogens with zero attached hydrogens (tertiary/aromatic N) is 4. The number of hydrogen-bond donors (Lipinski definition) is 0. The number of likely N-dealkylation sites (tertiary alicyclic amines) is 1. The predicted octanol–water partition coefficient (Wildman–Crippen LogP) is 3.26. The minimum atomic E-state index is -0.248. The number of thioether (sulfide) groups is 1. The first-order chi connectivity index (χ1) is 10.8. The molecule has 116 valence electrons. The molecule has 1 aliphatic heterocycles. The molecule has 1 saturated heterocycles. The van der Waals surface area contributed by atoms with E-state index in [-0.39, 0.29) is 5.82 Å². The van der Waals surface area contributed by atoms with Gasteiger partial charge in [0.1, 0.15) is 5.82 Å². The molecule has 2 heterocycles. The monoisotopic (exact) mass is 318 g/mol. The lowest BCUT2D eigenvalue weighted by Crippen LogP contribution is -2.31. The van der Waals surface area contributed by atoms with Crippen molar-refractivity contribution in [3.8, 4) is 11.3 Å². The van der Waals surface area contributed by atoms with Crippen molar-refractivity contribution in [2.75, 3.05) is 25.4 Å². The van der Waals surface area contributed by atoms with Crippen molar-refractivity contribution in [2.45, 2.75) is 24.4 Å². The second-order valence-electron chi connectivity index (χ2n) is 5.38. The van der Waals surface area contributed by atoms with E-state index in [4.69, 9.17) is 0 Å². The van der Waals surface area contributed by atoms with Crippen LogP contribution in [0.5, 0.6) is 0 Å². The summed E-state index contributed by atoms with van der Waals surface area (Å²) >= 11 is 1.63. The molecule has 1 aromatic heterocycles. The van der Waals surface area contributed by atoms with Crippen molar-refractivity contribution < 1.29 is 4.39 Å². The standard InChI is InChI=1S/C16H19FN4S/c17-14-6-4-13(5-7-14)15-12-18-20-16(19-15)22-11-10-21-8-2-1-3-9-21/h4-7,12H,1-3,8-11H2. The minimum Gasteiger partial charge on any atom is -0.303 e. The van der Waals surface area contributed by atoms with Gasteiger partial charge in [-0.05, 0) is 50.2 Å². The van der Waals surface area contributed by atoms with Gasteiger partial charge in [0.05, 0.1) is 11.9 Å². The van der Waals surface area contributed by atoms with Gasteiger partial charge in [0.2, 0.25) is 5.16 Å². The Labute approximate surface area is 134 Å². The van der Waals surface area contributed by atoms with Gasteiger partial charge < -0.3 is 4.90 Å². The van der Waals surface area contributed by atoms with E-state index in [0.29, 0.717) is 5.16 Å². The van der Waals surface area contributed by atoms with Crippen molar-refractivity contribution >= 4 is 11.8 Å². The molecule has 0 radical (unpaired) electrons.